The number of rotatable bonds is 6. The molecule has 0 saturated carbocycles. The molecule has 0 heterocycles. The van der Waals surface area contributed by atoms with Crippen molar-refractivity contribution in [1.82, 2.24) is 0 Å². The van der Waals surface area contributed by atoms with Gasteiger partial charge in [-0.3, -0.25) is 0 Å². The van der Waals surface area contributed by atoms with E-state index in [2.05, 4.69) is 72.7 Å². The molecular formula is C18H31AlO. The van der Waals surface area contributed by atoms with Crippen LogP contribution < -0.4 is 3.79 Å². The van der Waals surface area contributed by atoms with Gasteiger partial charge >= 0.3 is 14.5 Å². The van der Waals surface area contributed by atoms with Gasteiger partial charge in [0.15, 0.2) is 0 Å². The van der Waals surface area contributed by atoms with E-state index in [1.165, 1.54) is 16.1 Å². The van der Waals surface area contributed by atoms with E-state index < -0.39 is 14.5 Å². The van der Waals surface area contributed by atoms with Crippen LogP contribution in [0.5, 0.6) is 5.75 Å². The van der Waals surface area contributed by atoms with Crippen LogP contribution in [0.2, 0.25) is 10.6 Å². The van der Waals surface area contributed by atoms with E-state index >= 15 is 0 Å². The number of benzene rings is 1. The average Bonchev–Trinajstić information content (AvgIpc) is 2.26. The molecule has 0 aliphatic heterocycles. The lowest BCUT2D eigenvalue weighted by molar-refractivity contribution is 0.494. The van der Waals surface area contributed by atoms with Crippen molar-refractivity contribution < 1.29 is 3.79 Å². The van der Waals surface area contributed by atoms with Crippen molar-refractivity contribution in [3.05, 3.63) is 29.8 Å². The van der Waals surface area contributed by atoms with E-state index in [1.54, 1.807) is 0 Å². The molecule has 0 unspecified atom stereocenters. The van der Waals surface area contributed by atoms with Gasteiger partial charge in [-0.15, -0.1) is 0 Å². The third-order valence-corrected chi connectivity index (χ3v) is 6.98. The Balaban J connectivity index is 2.93. The molecule has 0 fully saturated rings. The summed E-state index contributed by atoms with van der Waals surface area (Å²) in [4.78, 5) is 0. The van der Waals surface area contributed by atoms with Gasteiger partial charge in [0.05, 0.1) is 5.75 Å². The summed E-state index contributed by atoms with van der Waals surface area (Å²) in [5, 5.41) is 2.52. The Morgan fingerprint density at radius 3 is 1.90 bits per heavy atom. The first kappa shape index (κ1) is 17.6. The van der Waals surface area contributed by atoms with Gasteiger partial charge in [0.25, 0.3) is 0 Å². The van der Waals surface area contributed by atoms with Crippen molar-refractivity contribution in [1.29, 1.82) is 0 Å². The van der Waals surface area contributed by atoms with Crippen molar-refractivity contribution in [3.8, 4) is 5.75 Å². The fourth-order valence-corrected chi connectivity index (χ4v) is 5.67. The third kappa shape index (κ3) is 5.90. The summed E-state index contributed by atoms with van der Waals surface area (Å²) in [5.74, 6) is 2.58. The molecule has 1 nitrogen and oxygen atoms in total. The predicted molar refractivity (Wildman–Crippen MR) is 90.8 cm³/mol. The highest BCUT2D eigenvalue weighted by atomic mass is 27.2. The maximum atomic E-state index is 6.53. The highest BCUT2D eigenvalue weighted by Gasteiger charge is 2.28. The molecule has 20 heavy (non-hydrogen) atoms. The van der Waals surface area contributed by atoms with Crippen LogP contribution >= 0.6 is 0 Å². The van der Waals surface area contributed by atoms with Crippen LogP contribution in [-0.2, 0) is 5.41 Å². The van der Waals surface area contributed by atoms with E-state index in [9.17, 15) is 0 Å². The molecule has 1 rings (SSSR count). The Hall–Kier alpha value is -0.448. The fourth-order valence-electron chi connectivity index (χ4n) is 2.61. The number of hydrogen-bond acceptors (Lipinski definition) is 1. The van der Waals surface area contributed by atoms with Crippen LogP contribution in [0.15, 0.2) is 24.3 Å². The zero-order valence-corrected chi connectivity index (χ0v) is 15.5. The third-order valence-electron chi connectivity index (χ3n) is 3.46. The SMILES string of the molecule is CC(C)[CH2][Al]([CH2]C(C)C)[O]c1ccccc1C(C)(C)C. The Bertz CT molecular complexity index is 394. The summed E-state index contributed by atoms with van der Waals surface area (Å²) >= 11 is -1.18. The monoisotopic (exact) mass is 290 g/mol. The second-order valence-corrected chi connectivity index (χ2v) is 10.2. The second-order valence-electron chi connectivity index (χ2n) is 7.75. The van der Waals surface area contributed by atoms with Gasteiger partial charge in [-0.1, -0.05) is 89.1 Å². The molecule has 112 valence electrons. The zero-order valence-electron chi connectivity index (χ0n) is 14.4. The summed E-state index contributed by atoms with van der Waals surface area (Å²) < 4.78 is 6.53. The first-order valence-corrected chi connectivity index (χ1v) is 10.1. The van der Waals surface area contributed by atoms with Crippen LogP contribution in [0, 0.1) is 11.8 Å². The molecule has 1 aromatic rings. The molecule has 0 radical (unpaired) electrons. The van der Waals surface area contributed by atoms with Gasteiger partial charge in [-0.25, -0.2) is 0 Å². The van der Waals surface area contributed by atoms with E-state index in [4.69, 9.17) is 3.79 Å². The lowest BCUT2D eigenvalue weighted by Gasteiger charge is -2.26. The summed E-state index contributed by atoms with van der Waals surface area (Å²) in [5.41, 5.74) is 1.48. The summed E-state index contributed by atoms with van der Waals surface area (Å²) in [6, 6.07) is 8.59. The maximum Gasteiger partial charge on any atom is 0.547 e. The fraction of sp³-hybridized carbons (Fsp3) is 0.667. The molecule has 0 saturated heterocycles. The Morgan fingerprint density at radius 1 is 0.950 bits per heavy atom. The molecule has 0 aliphatic rings. The normalized spacial score (nSPS) is 12.1. The zero-order chi connectivity index (χ0) is 15.3. The highest BCUT2D eigenvalue weighted by Crippen LogP contribution is 2.32. The van der Waals surface area contributed by atoms with Gasteiger partial charge in [-0.05, 0) is 17.0 Å². The van der Waals surface area contributed by atoms with Crippen LogP contribution in [0.25, 0.3) is 0 Å². The van der Waals surface area contributed by atoms with Crippen LogP contribution in [-0.4, -0.2) is 14.5 Å². The molecule has 0 atom stereocenters. The minimum atomic E-state index is -1.18. The van der Waals surface area contributed by atoms with Crippen LogP contribution in [0.1, 0.15) is 54.0 Å². The van der Waals surface area contributed by atoms with E-state index in [0.29, 0.717) is 0 Å². The summed E-state index contributed by atoms with van der Waals surface area (Å²) in [6.07, 6.45) is 0. The molecular weight excluding hydrogens is 259 g/mol. The summed E-state index contributed by atoms with van der Waals surface area (Å²) in [6.45, 7) is 16.0. The molecule has 0 N–H and O–H groups in total. The smallest absolute Gasteiger partial charge is 0.547 e. The molecule has 2 heteroatoms. The Morgan fingerprint density at radius 2 is 1.45 bits per heavy atom. The van der Waals surface area contributed by atoms with E-state index in [-0.39, 0.29) is 5.41 Å². The van der Waals surface area contributed by atoms with Crippen molar-refractivity contribution >= 4 is 14.5 Å². The van der Waals surface area contributed by atoms with E-state index in [1.807, 2.05) is 0 Å². The second kappa shape index (κ2) is 7.53. The van der Waals surface area contributed by atoms with Crippen molar-refractivity contribution in [3.63, 3.8) is 0 Å². The Labute approximate surface area is 130 Å². The molecule has 0 amide bonds. The van der Waals surface area contributed by atoms with Crippen molar-refractivity contribution in [2.45, 2.75) is 64.4 Å². The highest BCUT2D eigenvalue weighted by molar-refractivity contribution is 6.52. The maximum absolute atomic E-state index is 6.53. The van der Waals surface area contributed by atoms with Gasteiger partial charge in [0.1, 0.15) is 0 Å². The van der Waals surface area contributed by atoms with Crippen molar-refractivity contribution in [2.75, 3.05) is 0 Å². The first-order chi connectivity index (χ1) is 9.20. The van der Waals surface area contributed by atoms with Gasteiger partial charge < -0.3 is 3.79 Å². The minimum absolute atomic E-state index is 0.144. The first-order valence-electron chi connectivity index (χ1n) is 7.96. The van der Waals surface area contributed by atoms with E-state index in [0.717, 1.165) is 17.6 Å². The summed E-state index contributed by atoms with van der Waals surface area (Å²) in [7, 11) is 0. The van der Waals surface area contributed by atoms with Gasteiger partial charge in [-0.2, -0.15) is 0 Å². The topological polar surface area (TPSA) is 9.23 Å². The lowest BCUT2D eigenvalue weighted by atomic mass is 9.86. The molecule has 0 bridgehead atoms. The number of hydrogen-bond donors (Lipinski definition) is 0. The molecule has 0 aromatic heterocycles. The number of para-hydroxylation sites is 1. The van der Waals surface area contributed by atoms with Gasteiger partial charge in [0.2, 0.25) is 0 Å². The standard InChI is InChI=1S/C10H14O.2C4H9.Al/c1-10(2,3)8-6-4-5-7-9(8)11;2*1-4(2)3;/h4-7,11H,1-3H3;2*4H,1H2,2-3H3;/q;;;+1/p-1. The lowest BCUT2D eigenvalue weighted by Crippen LogP contribution is -2.27. The predicted octanol–water partition coefficient (Wildman–Crippen LogP) is 5.67. The largest absolute Gasteiger partial charge is 0.642 e. The molecule has 0 spiro atoms. The van der Waals surface area contributed by atoms with Crippen LogP contribution in [0.3, 0.4) is 0 Å². The van der Waals surface area contributed by atoms with Gasteiger partial charge in [0, 0.05) is 0 Å². The molecule has 0 aliphatic carbocycles. The molecule has 1 aromatic carbocycles. The average molecular weight is 290 g/mol. The quantitative estimate of drug-likeness (QED) is 0.614. The minimum Gasteiger partial charge on any atom is -0.642 e. The van der Waals surface area contributed by atoms with Crippen LogP contribution in [0.4, 0.5) is 0 Å². The van der Waals surface area contributed by atoms with Crippen molar-refractivity contribution in [2.24, 2.45) is 11.8 Å². The Kier molecular flexibility index (Phi) is 6.63.